The molecule has 0 saturated heterocycles. The molecule has 2 aliphatic rings. The van der Waals surface area contributed by atoms with E-state index in [9.17, 15) is 14.3 Å². The summed E-state index contributed by atoms with van der Waals surface area (Å²) in [4.78, 5) is 20.2. The van der Waals surface area contributed by atoms with Crippen LogP contribution in [0.15, 0.2) is 16.7 Å². The first-order valence-electron chi connectivity index (χ1n) is 11.9. The molecule has 11 nitrogen and oxygen atoms in total. The van der Waals surface area contributed by atoms with E-state index in [1.807, 2.05) is 19.1 Å². The number of carboxylic acids is 1. The van der Waals surface area contributed by atoms with Crippen molar-refractivity contribution in [3.63, 3.8) is 0 Å². The second kappa shape index (κ2) is 9.23. The molecule has 3 heterocycles. The number of hydrogen-bond donors (Lipinski definition) is 2. The van der Waals surface area contributed by atoms with Gasteiger partial charge in [-0.1, -0.05) is 5.21 Å². The van der Waals surface area contributed by atoms with Gasteiger partial charge in [0.2, 0.25) is 0 Å². The highest BCUT2D eigenvalue weighted by molar-refractivity contribution is 5.70. The zero-order chi connectivity index (χ0) is 24.6. The predicted octanol–water partition coefficient (Wildman–Crippen LogP) is 3.55. The average molecular weight is 486 g/mol. The van der Waals surface area contributed by atoms with Crippen molar-refractivity contribution in [1.82, 2.24) is 30.1 Å². The predicted molar refractivity (Wildman–Crippen MR) is 121 cm³/mol. The number of pyridine rings is 1. The van der Waals surface area contributed by atoms with Gasteiger partial charge in [-0.2, -0.15) is 4.98 Å². The van der Waals surface area contributed by atoms with Crippen LogP contribution in [0.3, 0.4) is 0 Å². The van der Waals surface area contributed by atoms with Crippen molar-refractivity contribution >= 4 is 11.9 Å². The molecule has 0 unspecified atom stereocenters. The van der Waals surface area contributed by atoms with E-state index in [1.54, 1.807) is 11.7 Å². The van der Waals surface area contributed by atoms with Gasteiger partial charge >= 0.3 is 5.97 Å². The molecule has 5 rings (SSSR count). The number of anilines is 1. The van der Waals surface area contributed by atoms with Gasteiger partial charge in [0.05, 0.1) is 35.6 Å². The van der Waals surface area contributed by atoms with Crippen LogP contribution in [-0.2, 0) is 24.1 Å². The number of alkyl halides is 1. The minimum Gasteiger partial charge on any atom is -0.489 e. The third-order valence-electron chi connectivity index (χ3n) is 6.86. The van der Waals surface area contributed by atoms with E-state index < -0.39 is 11.6 Å². The summed E-state index contributed by atoms with van der Waals surface area (Å²) in [5, 5.41) is 24.6. The molecule has 2 saturated carbocycles. The van der Waals surface area contributed by atoms with Gasteiger partial charge < -0.3 is 19.7 Å². The molecule has 2 N–H and O–H groups in total. The normalized spacial score (nSPS) is 21.3. The molecule has 3 aromatic rings. The smallest absolute Gasteiger partial charge is 0.306 e. The Labute approximate surface area is 201 Å². The average Bonchev–Trinajstić information content (AvgIpc) is 3.44. The number of carboxylic acid groups (broad SMARTS) is 1. The topological polar surface area (TPSA) is 141 Å². The largest absolute Gasteiger partial charge is 0.489 e. The minimum atomic E-state index is -1.51. The van der Waals surface area contributed by atoms with Gasteiger partial charge in [0.15, 0.2) is 5.67 Å². The first-order chi connectivity index (χ1) is 16.8. The molecule has 0 aliphatic heterocycles. The number of ether oxygens (including phenoxy) is 1. The molecule has 0 amide bonds. The van der Waals surface area contributed by atoms with E-state index in [4.69, 9.17) is 9.26 Å². The molecule has 35 heavy (non-hydrogen) atoms. The molecule has 2 atom stereocenters. The van der Waals surface area contributed by atoms with Crippen LogP contribution in [0.25, 0.3) is 11.4 Å². The fraction of sp³-hybridized carbons (Fsp3) is 0.565. The Hall–Kier alpha value is -3.57. The molecule has 0 radical (unpaired) electrons. The number of carbonyl (C=O) groups is 1. The van der Waals surface area contributed by atoms with Crippen LogP contribution < -0.4 is 10.1 Å². The Bertz CT molecular complexity index is 1220. The van der Waals surface area contributed by atoms with E-state index in [1.165, 1.54) is 0 Å². The van der Waals surface area contributed by atoms with Crippen LogP contribution in [0, 0.1) is 12.8 Å². The number of nitrogens with one attached hydrogen (secondary N) is 1. The van der Waals surface area contributed by atoms with Crippen LogP contribution >= 0.6 is 0 Å². The Kier molecular flexibility index (Phi) is 6.12. The number of aromatic nitrogens is 6. The third-order valence-corrected chi connectivity index (χ3v) is 6.86. The fourth-order valence-corrected chi connectivity index (χ4v) is 4.58. The second-order valence-corrected chi connectivity index (χ2v) is 9.33. The quantitative estimate of drug-likeness (QED) is 0.486. The monoisotopic (exact) mass is 485 g/mol. The maximum Gasteiger partial charge on any atom is 0.306 e. The summed E-state index contributed by atoms with van der Waals surface area (Å²) in [6.45, 7) is 2.13. The van der Waals surface area contributed by atoms with Crippen molar-refractivity contribution in [1.29, 1.82) is 0 Å². The van der Waals surface area contributed by atoms with Gasteiger partial charge in [0.25, 0.3) is 11.8 Å². The van der Waals surface area contributed by atoms with E-state index in [-0.39, 0.29) is 30.4 Å². The van der Waals surface area contributed by atoms with Crippen molar-refractivity contribution in [3.05, 3.63) is 29.4 Å². The van der Waals surface area contributed by atoms with Crippen molar-refractivity contribution in [3.8, 4) is 17.1 Å². The highest BCUT2D eigenvalue weighted by Gasteiger charge is 2.44. The summed E-state index contributed by atoms with van der Waals surface area (Å²) in [5.74, 6) is -0.290. The molecule has 0 bridgehead atoms. The number of nitrogens with zero attached hydrogens (tertiary/aromatic N) is 6. The fourth-order valence-electron chi connectivity index (χ4n) is 4.58. The number of hydrogen-bond acceptors (Lipinski definition) is 9. The summed E-state index contributed by atoms with van der Waals surface area (Å²) in [6.07, 6.45) is 4.31. The Morgan fingerprint density at radius 1 is 1.31 bits per heavy atom. The van der Waals surface area contributed by atoms with E-state index in [2.05, 4.69) is 30.8 Å². The van der Waals surface area contributed by atoms with Gasteiger partial charge in [-0.05, 0) is 69.2 Å². The number of aliphatic carboxylic acids is 1. The molecular formula is C23H28FN7O4. The molecule has 186 valence electrons. The van der Waals surface area contributed by atoms with Crippen molar-refractivity contribution in [2.75, 3.05) is 5.32 Å². The van der Waals surface area contributed by atoms with Gasteiger partial charge in [0, 0.05) is 7.05 Å². The van der Waals surface area contributed by atoms with E-state index in [0.29, 0.717) is 48.5 Å². The van der Waals surface area contributed by atoms with Crippen LogP contribution in [-0.4, -0.2) is 47.3 Å². The number of rotatable bonds is 8. The minimum absolute atomic E-state index is 0.00938. The van der Waals surface area contributed by atoms with Crippen LogP contribution in [0.1, 0.15) is 62.2 Å². The van der Waals surface area contributed by atoms with Crippen molar-refractivity contribution < 1.29 is 23.6 Å². The van der Waals surface area contributed by atoms with Gasteiger partial charge in [0.1, 0.15) is 11.4 Å². The molecule has 0 spiro atoms. The molecule has 3 aromatic heterocycles. The van der Waals surface area contributed by atoms with Crippen LogP contribution in [0.5, 0.6) is 5.75 Å². The zero-order valence-electron chi connectivity index (χ0n) is 19.7. The first kappa shape index (κ1) is 23.2. The lowest BCUT2D eigenvalue weighted by molar-refractivity contribution is -0.143. The highest BCUT2D eigenvalue weighted by Crippen LogP contribution is 2.44. The molecular weight excluding hydrogens is 457 g/mol. The lowest BCUT2D eigenvalue weighted by Gasteiger charge is -2.29. The summed E-state index contributed by atoms with van der Waals surface area (Å²) in [6, 6.07) is 3.64. The Morgan fingerprint density at radius 3 is 2.86 bits per heavy atom. The first-order valence-corrected chi connectivity index (χ1v) is 11.9. The lowest BCUT2D eigenvalue weighted by Crippen LogP contribution is -2.29. The number of halogens is 1. The summed E-state index contributed by atoms with van der Waals surface area (Å²) in [7, 11) is 1.77. The van der Waals surface area contributed by atoms with Gasteiger partial charge in [-0.15, -0.1) is 5.10 Å². The summed E-state index contributed by atoms with van der Waals surface area (Å²) >= 11 is 0. The Morgan fingerprint density at radius 2 is 2.14 bits per heavy atom. The number of aryl methyl sites for hydroxylation is 2. The highest BCUT2D eigenvalue weighted by atomic mass is 19.1. The SMILES string of the molecule is Cc1nc(-c2nnn(C)c2CNc2noc(C3(F)CCC3)n2)ccc1O[C@H]1CCC[C@H](C(=O)O)C1. The standard InChI is InChI=1S/C23H28FN7O4/c1-13-18(34-15-6-3-5-14(11-15)20(32)33)8-7-16(26-13)19-17(31(2)30-28-19)12-25-22-27-21(35-29-22)23(24)9-4-10-23/h7-8,14-15H,3-6,9-12H2,1-2H3,(H,25,29)(H,32,33)/t14-,15-/m0/s1. The van der Waals surface area contributed by atoms with Crippen molar-refractivity contribution in [2.45, 2.75) is 70.2 Å². The van der Waals surface area contributed by atoms with E-state index >= 15 is 0 Å². The molecule has 0 aromatic carbocycles. The maximum absolute atomic E-state index is 14.5. The van der Waals surface area contributed by atoms with Crippen molar-refractivity contribution in [2.24, 2.45) is 13.0 Å². The maximum atomic E-state index is 14.5. The molecule has 2 fully saturated rings. The zero-order valence-corrected chi connectivity index (χ0v) is 19.7. The second-order valence-electron chi connectivity index (χ2n) is 9.33. The molecule has 2 aliphatic carbocycles. The van der Waals surface area contributed by atoms with Crippen LogP contribution in [0.2, 0.25) is 0 Å². The van der Waals surface area contributed by atoms with Gasteiger partial charge in [-0.3, -0.25) is 4.79 Å². The summed E-state index contributed by atoms with van der Waals surface area (Å²) < 4.78 is 27.3. The third kappa shape index (κ3) is 4.69. The van der Waals surface area contributed by atoms with Crippen LogP contribution in [0.4, 0.5) is 10.3 Å². The summed E-state index contributed by atoms with van der Waals surface area (Å²) in [5.41, 5.74) is 1.12. The van der Waals surface area contributed by atoms with Gasteiger partial charge in [-0.25, -0.2) is 14.1 Å². The van der Waals surface area contributed by atoms with E-state index in [0.717, 1.165) is 25.0 Å². The lowest BCUT2D eigenvalue weighted by atomic mass is 9.82. The Balaban J connectivity index is 1.27. The molecule has 12 heteroatoms.